The van der Waals surface area contributed by atoms with Gasteiger partial charge in [-0.25, -0.2) is 0 Å². The smallest absolute Gasteiger partial charge is 0.0323 e. The van der Waals surface area contributed by atoms with Crippen molar-refractivity contribution in [3.05, 3.63) is 72.2 Å². The maximum absolute atomic E-state index is 5.48. The summed E-state index contributed by atoms with van der Waals surface area (Å²) >= 11 is 0. The number of terminal acetylenes is 1. The Balaban J connectivity index is 5.19. The van der Waals surface area contributed by atoms with Crippen LogP contribution < -0.4 is 5.32 Å². The van der Waals surface area contributed by atoms with Crippen LogP contribution in [0.25, 0.3) is 0 Å². The molecule has 1 heteroatoms. The number of allylic oxidation sites excluding steroid dienone is 8. The standard InChI is InChI=1S/C23H33N/c1-8-13-21(12-5)17-19(6)24-20(7)18-23(16-11-4)22(14-9-2)15-10-3/h5,8,11,13,16-18,22,24H,6-7,9-10,14-15H2,1-4H3/b13-8-,16-11-,21-17-,23-18+. The summed E-state index contributed by atoms with van der Waals surface area (Å²) in [5.41, 5.74) is 3.68. The molecule has 1 N–H and O–H groups in total. The van der Waals surface area contributed by atoms with Crippen molar-refractivity contribution < 1.29 is 0 Å². The van der Waals surface area contributed by atoms with Gasteiger partial charge in [-0.15, -0.1) is 6.42 Å². The van der Waals surface area contributed by atoms with Crippen molar-refractivity contribution in [3.63, 3.8) is 0 Å². The molecular formula is C23H33N. The summed E-state index contributed by atoms with van der Waals surface area (Å²) in [6.07, 6.45) is 22.3. The highest BCUT2D eigenvalue weighted by atomic mass is 14.9. The Morgan fingerprint density at radius 1 is 1.00 bits per heavy atom. The molecule has 0 aliphatic heterocycles. The summed E-state index contributed by atoms with van der Waals surface area (Å²) in [4.78, 5) is 0. The van der Waals surface area contributed by atoms with E-state index in [-0.39, 0.29) is 0 Å². The zero-order chi connectivity index (χ0) is 18.4. The molecular weight excluding hydrogens is 290 g/mol. The molecule has 24 heavy (non-hydrogen) atoms. The van der Waals surface area contributed by atoms with E-state index in [1.54, 1.807) is 0 Å². The Hall–Kier alpha value is -2.20. The first-order valence-electron chi connectivity index (χ1n) is 8.82. The minimum atomic E-state index is 0.572. The second-order valence-corrected chi connectivity index (χ2v) is 5.84. The molecule has 0 aromatic rings. The first-order valence-corrected chi connectivity index (χ1v) is 8.82. The summed E-state index contributed by atoms with van der Waals surface area (Å²) in [6, 6.07) is 0. The number of rotatable bonds is 11. The fraction of sp³-hybridized carbons (Fsp3) is 0.391. The summed E-state index contributed by atoms with van der Waals surface area (Å²) in [7, 11) is 0. The van der Waals surface area contributed by atoms with E-state index >= 15 is 0 Å². The molecule has 0 radical (unpaired) electrons. The van der Waals surface area contributed by atoms with Gasteiger partial charge in [0.15, 0.2) is 0 Å². The monoisotopic (exact) mass is 323 g/mol. The lowest BCUT2D eigenvalue weighted by molar-refractivity contribution is 0.512. The van der Waals surface area contributed by atoms with Crippen molar-refractivity contribution in [1.29, 1.82) is 0 Å². The van der Waals surface area contributed by atoms with E-state index in [0.29, 0.717) is 5.92 Å². The molecule has 130 valence electrons. The predicted octanol–water partition coefficient (Wildman–Crippen LogP) is 6.46. The molecule has 0 unspecified atom stereocenters. The molecule has 0 spiro atoms. The Morgan fingerprint density at radius 2 is 1.54 bits per heavy atom. The lowest BCUT2D eigenvalue weighted by Crippen LogP contribution is -2.10. The third-order valence-electron chi connectivity index (χ3n) is 3.61. The van der Waals surface area contributed by atoms with Crippen LogP contribution in [0.15, 0.2) is 72.2 Å². The average molecular weight is 324 g/mol. The topological polar surface area (TPSA) is 12.0 Å². The lowest BCUT2D eigenvalue weighted by atomic mass is 9.89. The molecule has 0 saturated carbocycles. The van der Waals surface area contributed by atoms with Crippen LogP contribution in [-0.4, -0.2) is 0 Å². The van der Waals surface area contributed by atoms with Gasteiger partial charge in [-0.05, 0) is 50.3 Å². The van der Waals surface area contributed by atoms with Crippen molar-refractivity contribution in [2.24, 2.45) is 5.92 Å². The van der Waals surface area contributed by atoms with Gasteiger partial charge in [-0.2, -0.15) is 0 Å². The summed E-state index contributed by atoms with van der Waals surface area (Å²) in [6.45, 7) is 16.6. The largest absolute Gasteiger partial charge is 0.356 e. The van der Waals surface area contributed by atoms with Crippen LogP contribution in [0.4, 0.5) is 0 Å². The van der Waals surface area contributed by atoms with Crippen LogP contribution in [0.5, 0.6) is 0 Å². The Morgan fingerprint density at radius 3 is 2.00 bits per heavy atom. The average Bonchev–Trinajstić information content (AvgIpc) is 2.53. The molecule has 0 bridgehead atoms. The summed E-state index contributed by atoms with van der Waals surface area (Å²) in [5.74, 6) is 3.21. The maximum Gasteiger partial charge on any atom is 0.0323 e. The molecule has 0 saturated heterocycles. The SMILES string of the molecule is C#CC(/C=C\C)=C/C(=C)NC(=C)/C=C(\C=C/C)C(CCC)CCC. The number of hydrogen-bond acceptors (Lipinski definition) is 1. The number of nitrogens with one attached hydrogen (secondary N) is 1. The third kappa shape index (κ3) is 9.06. The summed E-state index contributed by atoms with van der Waals surface area (Å²) < 4.78 is 0. The molecule has 0 aromatic heterocycles. The first-order chi connectivity index (χ1) is 11.5. The molecule has 0 aliphatic rings. The van der Waals surface area contributed by atoms with E-state index in [4.69, 9.17) is 6.42 Å². The van der Waals surface area contributed by atoms with E-state index in [1.807, 2.05) is 25.2 Å². The van der Waals surface area contributed by atoms with Crippen molar-refractivity contribution >= 4 is 0 Å². The molecule has 0 heterocycles. The van der Waals surface area contributed by atoms with E-state index in [1.165, 1.54) is 31.3 Å². The zero-order valence-corrected chi connectivity index (χ0v) is 15.9. The van der Waals surface area contributed by atoms with Gasteiger partial charge < -0.3 is 5.32 Å². The number of hydrogen-bond donors (Lipinski definition) is 1. The van der Waals surface area contributed by atoms with Crippen LogP contribution in [0.3, 0.4) is 0 Å². The fourth-order valence-corrected chi connectivity index (χ4v) is 2.65. The Kier molecular flexibility index (Phi) is 12.0. The lowest BCUT2D eigenvalue weighted by Gasteiger charge is -2.18. The van der Waals surface area contributed by atoms with E-state index in [0.717, 1.165) is 17.0 Å². The molecule has 0 amide bonds. The fourth-order valence-electron chi connectivity index (χ4n) is 2.65. The minimum absolute atomic E-state index is 0.572. The van der Waals surface area contributed by atoms with Crippen LogP contribution in [0, 0.1) is 18.3 Å². The highest BCUT2D eigenvalue weighted by molar-refractivity contribution is 5.42. The molecule has 0 aliphatic carbocycles. The Bertz CT molecular complexity index is 555. The van der Waals surface area contributed by atoms with E-state index < -0.39 is 0 Å². The predicted molar refractivity (Wildman–Crippen MR) is 109 cm³/mol. The van der Waals surface area contributed by atoms with E-state index in [2.05, 4.69) is 63.4 Å². The summed E-state index contributed by atoms with van der Waals surface area (Å²) in [5, 5.41) is 3.23. The molecule has 0 fully saturated rings. The first kappa shape index (κ1) is 21.8. The van der Waals surface area contributed by atoms with Crippen LogP contribution in [0.1, 0.15) is 53.4 Å². The third-order valence-corrected chi connectivity index (χ3v) is 3.61. The van der Waals surface area contributed by atoms with Gasteiger partial charge in [0.2, 0.25) is 0 Å². The van der Waals surface area contributed by atoms with Crippen molar-refractivity contribution in [3.8, 4) is 12.3 Å². The minimum Gasteiger partial charge on any atom is -0.356 e. The van der Waals surface area contributed by atoms with Crippen LogP contribution in [0.2, 0.25) is 0 Å². The van der Waals surface area contributed by atoms with Gasteiger partial charge in [0.05, 0.1) is 0 Å². The van der Waals surface area contributed by atoms with Gasteiger partial charge in [-0.3, -0.25) is 0 Å². The highest BCUT2D eigenvalue weighted by Gasteiger charge is 2.10. The van der Waals surface area contributed by atoms with Gasteiger partial charge in [0, 0.05) is 17.0 Å². The van der Waals surface area contributed by atoms with Gasteiger partial charge in [-0.1, -0.05) is 70.1 Å². The van der Waals surface area contributed by atoms with Crippen LogP contribution >= 0.6 is 0 Å². The maximum atomic E-state index is 5.48. The van der Waals surface area contributed by atoms with Crippen LogP contribution in [-0.2, 0) is 0 Å². The normalized spacial score (nSPS) is 12.8. The highest BCUT2D eigenvalue weighted by Crippen LogP contribution is 2.24. The second-order valence-electron chi connectivity index (χ2n) is 5.84. The van der Waals surface area contributed by atoms with Crippen molar-refractivity contribution in [2.75, 3.05) is 0 Å². The molecule has 1 nitrogen and oxygen atoms in total. The van der Waals surface area contributed by atoms with Crippen molar-refractivity contribution in [2.45, 2.75) is 53.4 Å². The van der Waals surface area contributed by atoms with Crippen molar-refractivity contribution in [1.82, 2.24) is 5.32 Å². The molecule has 0 atom stereocenters. The molecule has 0 rings (SSSR count). The van der Waals surface area contributed by atoms with Gasteiger partial charge in [0.1, 0.15) is 0 Å². The van der Waals surface area contributed by atoms with Gasteiger partial charge in [0.25, 0.3) is 0 Å². The quantitative estimate of drug-likeness (QED) is 0.340. The zero-order valence-electron chi connectivity index (χ0n) is 15.9. The van der Waals surface area contributed by atoms with Gasteiger partial charge >= 0.3 is 0 Å². The van der Waals surface area contributed by atoms with E-state index in [9.17, 15) is 0 Å². The molecule has 0 aromatic carbocycles. The second kappa shape index (κ2) is 13.3. The Labute approximate surface area is 149 Å².